The van der Waals surface area contributed by atoms with Crippen LogP contribution >= 0.6 is 0 Å². The first-order chi connectivity index (χ1) is 11.1. The largest absolute Gasteiger partial charge is 0.310 e. The molecule has 1 aliphatic heterocycles. The lowest BCUT2D eigenvalue weighted by molar-refractivity contribution is -0.117. The smallest absolute Gasteiger partial charge is 0.239 e. The van der Waals surface area contributed by atoms with Crippen LogP contribution in [-0.4, -0.2) is 39.7 Å². The number of carbonyl (C=O) groups is 1. The predicted octanol–water partition coefficient (Wildman–Crippen LogP) is 2.37. The second-order valence-electron chi connectivity index (χ2n) is 6.30. The van der Waals surface area contributed by atoms with Crippen LogP contribution in [0.25, 0.3) is 0 Å². The fourth-order valence-electron chi connectivity index (χ4n) is 3.32. The summed E-state index contributed by atoms with van der Waals surface area (Å²) in [7, 11) is 1.84. The second kappa shape index (κ2) is 6.96. The highest BCUT2D eigenvalue weighted by Crippen LogP contribution is 2.21. The van der Waals surface area contributed by atoms with Crippen LogP contribution in [0.3, 0.4) is 0 Å². The highest BCUT2D eigenvalue weighted by atomic mass is 16.2. The van der Waals surface area contributed by atoms with Gasteiger partial charge < -0.3 is 5.32 Å². The van der Waals surface area contributed by atoms with Gasteiger partial charge in [0, 0.05) is 19.2 Å². The first-order valence-corrected chi connectivity index (χ1v) is 8.20. The molecule has 0 unspecified atom stereocenters. The van der Waals surface area contributed by atoms with Crippen LogP contribution in [-0.2, 0) is 18.3 Å². The molecule has 0 radical (unpaired) electrons. The Balaban J connectivity index is 1.58. The zero-order chi connectivity index (χ0) is 16.2. The summed E-state index contributed by atoms with van der Waals surface area (Å²) in [5, 5.41) is 7.22. The standard InChI is InChI=1S/C18H24N4O/c1-14-11-17(21(2)20-14)19-18(23)13-22-10-6-9-16(22)12-15-7-4-3-5-8-15/h3-5,7-8,11,16H,6,9-10,12-13H2,1-2H3,(H,19,23)/t16-/m0/s1. The van der Waals surface area contributed by atoms with Gasteiger partial charge in [-0.2, -0.15) is 5.10 Å². The number of likely N-dealkylation sites (tertiary alicyclic amines) is 1. The van der Waals surface area contributed by atoms with E-state index < -0.39 is 0 Å². The van der Waals surface area contributed by atoms with Crippen molar-refractivity contribution in [3.05, 3.63) is 47.7 Å². The highest BCUT2D eigenvalue weighted by molar-refractivity contribution is 5.91. The quantitative estimate of drug-likeness (QED) is 0.922. The Morgan fingerprint density at radius 2 is 2.13 bits per heavy atom. The Labute approximate surface area is 137 Å². The lowest BCUT2D eigenvalue weighted by atomic mass is 10.0. The van der Waals surface area contributed by atoms with E-state index in [9.17, 15) is 4.79 Å². The molecule has 0 spiro atoms. The van der Waals surface area contributed by atoms with E-state index in [4.69, 9.17) is 0 Å². The van der Waals surface area contributed by atoms with Crippen LogP contribution in [0.5, 0.6) is 0 Å². The summed E-state index contributed by atoms with van der Waals surface area (Å²) < 4.78 is 1.71. The van der Waals surface area contributed by atoms with E-state index in [0.29, 0.717) is 12.6 Å². The third kappa shape index (κ3) is 3.99. The summed E-state index contributed by atoms with van der Waals surface area (Å²) in [6.45, 7) is 3.36. The summed E-state index contributed by atoms with van der Waals surface area (Å²) >= 11 is 0. The number of amides is 1. The topological polar surface area (TPSA) is 50.2 Å². The van der Waals surface area contributed by atoms with Crippen molar-refractivity contribution in [1.82, 2.24) is 14.7 Å². The molecule has 0 bridgehead atoms. The summed E-state index contributed by atoms with van der Waals surface area (Å²) in [6, 6.07) is 12.9. The van der Waals surface area contributed by atoms with Gasteiger partial charge in [-0.15, -0.1) is 0 Å². The number of aryl methyl sites for hydroxylation is 2. The fourth-order valence-corrected chi connectivity index (χ4v) is 3.32. The number of benzene rings is 1. The van der Waals surface area contributed by atoms with Crippen molar-refractivity contribution in [3.8, 4) is 0 Å². The Hall–Kier alpha value is -2.14. The first kappa shape index (κ1) is 15.7. The number of rotatable bonds is 5. The molecule has 1 fully saturated rings. The van der Waals surface area contributed by atoms with Gasteiger partial charge >= 0.3 is 0 Å². The minimum atomic E-state index is 0.0351. The molecular formula is C18H24N4O. The molecule has 1 aromatic carbocycles. The maximum atomic E-state index is 12.3. The number of nitrogens with zero attached hydrogens (tertiary/aromatic N) is 3. The molecule has 1 aliphatic rings. The summed E-state index contributed by atoms with van der Waals surface area (Å²) in [4.78, 5) is 14.6. The highest BCUT2D eigenvalue weighted by Gasteiger charge is 2.26. The van der Waals surface area contributed by atoms with E-state index in [1.54, 1.807) is 4.68 Å². The van der Waals surface area contributed by atoms with Gasteiger partial charge in [0.25, 0.3) is 0 Å². The van der Waals surface area contributed by atoms with E-state index >= 15 is 0 Å². The van der Waals surface area contributed by atoms with Crippen molar-refractivity contribution in [2.45, 2.75) is 32.2 Å². The number of hydrogen-bond acceptors (Lipinski definition) is 3. The molecule has 2 aromatic rings. The SMILES string of the molecule is Cc1cc(NC(=O)CN2CCC[C@H]2Cc2ccccc2)n(C)n1. The first-order valence-electron chi connectivity index (χ1n) is 8.20. The lowest BCUT2D eigenvalue weighted by Gasteiger charge is -2.24. The van der Waals surface area contributed by atoms with Crippen LogP contribution in [0.1, 0.15) is 24.1 Å². The molecule has 1 saturated heterocycles. The Morgan fingerprint density at radius 3 is 2.83 bits per heavy atom. The van der Waals surface area contributed by atoms with Crippen molar-refractivity contribution in [2.75, 3.05) is 18.4 Å². The van der Waals surface area contributed by atoms with Crippen molar-refractivity contribution in [3.63, 3.8) is 0 Å². The molecule has 23 heavy (non-hydrogen) atoms. The molecule has 5 nitrogen and oxygen atoms in total. The van der Waals surface area contributed by atoms with Crippen molar-refractivity contribution in [2.24, 2.45) is 7.05 Å². The Morgan fingerprint density at radius 1 is 1.35 bits per heavy atom. The van der Waals surface area contributed by atoms with Gasteiger partial charge in [0.1, 0.15) is 5.82 Å². The zero-order valence-corrected chi connectivity index (χ0v) is 13.8. The third-order valence-electron chi connectivity index (χ3n) is 4.43. The molecule has 1 atom stereocenters. The van der Waals surface area contributed by atoms with Crippen LogP contribution in [0, 0.1) is 6.92 Å². The molecule has 0 aliphatic carbocycles. The molecule has 5 heteroatoms. The van der Waals surface area contributed by atoms with E-state index in [2.05, 4.69) is 39.6 Å². The summed E-state index contributed by atoms with van der Waals surface area (Å²) in [6.07, 6.45) is 3.33. The number of aromatic nitrogens is 2. The van der Waals surface area contributed by atoms with Crippen LogP contribution in [0.2, 0.25) is 0 Å². The molecule has 1 aromatic heterocycles. The molecule has 122 valence electrons. The van der Waals surface area contributed by atoms with Gasteiger partial charge in [-0.25, -0.2) is 0 Å². The lowest BCUT2D eigenvalue weighted by Crippen LogP contribution is -2.38. The van der Waals surface area contributed by atoms with E-state index in [1.807, 2.05) is 26.1 Å². The van der Waals surface area contributed by atoms with Crippen molar-refractivity contribution >= 4 is 11.7 Å². The maximum absolute atomic E-state index is 12.3. The van der Waals surface area contributed by atoms with Gasteiger partial charge in [0.2, 0.25) is 5.91 Å². The number of hydrogen-bond donors (Lipinski definition) is 1. The predicted molar refractivity (Wildman–Crippen MR) is 91.3 cm³/mol. The average Bonchev–Trinajstić information content (AvgIpc) is 3.07. The fraction of sp³-hybridized carbons (Fsp3) is 0.444. The normalized spacial score (nSPS) is 18.3. The summed E-state index contributed by atoms with van der Waals surface area (Å²) in [5.74, 6) is 0.791. The number of nitrogens with one attached hydrogen (secondary N) is 1. The minimum absolute atomic E-state index is 0.0351. The molecule has 2 heterocycles. The molecule has 1 N–H and O–H groups in total. The van der Waals surface area contributed by atoms with E-state index in [1.165, 1.54) is 5.56 Å². The van der Waals surface area contributed by atoms with Gasteiger partial charge in [0.15, 0.2) is 0 Å². The maximum Gasteiger partial charge on any atom is 0.239 e. The number of anilines is 1. The monoisotopic (exact) mass is 312 g/mol. The van der Waals surface area contributed by atoms with Crippen molar-refractivity contribution in [1.29, 1.82) is 0 Å². The Bertz CT molecular complexity index is 665. The molecule has 3 rings (SSSR count). The third-order valence-corrected chi connectivity index (χ3v) is 4.43. The van der Waals surface area contributed by atoms with Crippen LogP contribution in [0.4, 0.5) is 5.82 Å². The average molecular weight is 312 g/mol. The van der Waals surface area contributed by atoms with Gasteiger partial charge in [-0.3, -0.25) is 14.4 Å². The van der Waals surface area contributed by atoms with Crippen LogP contribution in [0.15, 0.2) is 36.4 Å². The molecular weight excluding hydrogens is 288 g/mol. The minimum Gasteiger partial charge on any atom is -0.310 e. The molecule has 1 amide bonds. The Kier molecular flexibility index (Phi) is 4.76. The molecule has 0 saturated carbocycles. The van der Waals surface area contributed by atoms with Gasteiger partial charge in [-0.1, -0.05) is 30.3 Å². The second-order valence-corrected chi connectivity index (χ2v) is 6.30. The summed E-state index contributed by atoms with van der Waals surface area (Å²) in [5.41, 5.74) is 2.25. The van der Waals surface area contributed by atoms with Gasteiger partial charge in [0.05, 0.1) is 12.2 Å². The van der Waals surface area contributed by atoms with Crippen molar-refractivity contribution < 1.29 is 4.79 Å². The van der Waals surface area contributed by atoms with E-state index in [-0.39, 0.29) is 5.91 Å². The number of carbonyl (C=O) groups excluding carboxylic acids is 1. The van der Waals surface area contributed by atoms with Gasteiger partial charge in [-0.05, 0) is 38.3 Å². The zero-order valence-electron chi connectivity index (χ0n) is 13.8. The van der Waals surface area contributed by atoms with Crippen LogP contribution < -0.4 is 5.32 Å². The van der Waals surface area contributed by atoms with E-state index in [0.717, 1.165) is 37.3 Å².